The summed E-state index contributed by atoms with van der Waals surface area (Å²) in [5.41, 5.74) is 6.78. The fraction of sp³-hybridized carbons (Fsp3) is 0.562. The predicted octanol–water partition coefficient (Wildman–Crippen LogP) is 2.45. The van der Waals surface area contributed by atoms with Crippen LogP contribution < -0.4 is 20.5 Å². The second-order valence-electron chi connectivity index (χ2n) is 5.79. The number of carbonyl (C=O) groups excluding carboxylic acids is 1. The van der Waals surface area contributed by atoms with E-state index in [-0.39, 0.29) is 11.9 Å². The van der Waals surface area contributed by atoms with Gasteiger partial charge in [0.15, 0.2) is 11.5 Å². The van der Waals surface area contributed by atoms with E-state index in [1.165, 1.54) is 7.11 Å². The van der Waals surface area contributed by atoms with Gasteiger partial charge in [-0.3, -0.25) is 4.79 Å². The number of hydrogen-bond donors (Lipinski definition) is 2. The van der Waals surface area contributed by atoms with Crippen molar-refractivity contribution < 1.29 is 14.3 Å². The lowest BCUT2D eigenvalue weighted by molar-refractivity contribution is 0.0928. The summed E-state index contributed by atoms with van der Waals surface area (Å²) >= 11 is 0. The molecule has 1 saturated carbocycles. The van der Waals surface area contributed by atoms with Crippen molar-refractivity contribution in [2.75, 3.05) is 20.0 Å². The monoisotopic (exact) mass is 292 g/mol. The van der Waals surface area contributed by atoms with Gasteiger partial charge < -0.3 is 20.5 Å². The lowest BCUT2D eigenvalue weighted by Crippen LogP contribution is -2.37. The van der Waals surface area contributed by atoms with E-state index in [0.29, 0.717) is 34.6 Å². The molecule has 1 amide bonds. The molecule has 1 aliphatic carbocycles. The van der Waals surface area contributed by atoms with Crippen LogP contribution in [0.3, 0.4) is 0 Å². The summed E-state index contributed by atoms with van der Waals surface area (Å²) < 4.78 is 10.4. The van der Waals surface area contributed by atoms with Crippen LogP contribution in [0.15, 0.2) is 12.1 Å². The molecule has 5 heteroatoms. The standard InChI is InChI=1S/C16H24N2O3/c1-9-5-6-13(10(9)2)18-16(19)11-7-14(20-3)15(21-4)8-12(11)17/h7-10,13H,5-6,17H2,1-4H3,(H,18,19). The number of methoxy groups -OCH3 is 2. The number of anilines is 1. The molecule has 0 aromatic heterocycles. The van der Waals surface area contributed by atoms with Crippen molar-refractivity contribution in [2.45, 2.75) is 32.7 Å². The van der Waals surface area contributed by atoms with Crippen LogP contribution in [0.1, 0.15) is 37.0 Å². The van der Waals surface area contributed by atoms with Crippen LogP contribution in [-0.4, -0.2) is 26.2 Å². The molecule has 21 heavy (non-hydrogen) atoms. The van der Waals surface area contributed by atoms with E-state index in [0.717, 1.165) is 12.8 Å². The van der Waals surface area contributed by atoms with Gasteiger partial charge in [-0.15, -0.1) is 0 Å². The van der Waals surface area contributed by atoms with Gasteiger partial charge in [0.05, 0.1) is 19.8 Å². The summed E-state index contributed by atoms with van der Waals surface area (Å²) in [6.07, 6.45) is 2.16. The first kappa shape index (κ1) is 15.5. The topological polar surface area (TPSA) is 73.6 Å². The summed E-state index contributed by atoms with van der Waals surface area (Å²) in [4.78, 5) is 12.5. The molecule has 1 aliphatic rings. The highest BCUT2D eigenvalue weighted by atomic mass is 16.5. The van der Waals surface area contributed by atoms with Crippen molar-refractivity contribution >= 4 is 11.6 Å². The van der Waals surface area contributed by atoms with E-state index in [1.54, 1.807) is 19.2 Å². The maximum atomic E-state index is 12.5. The Morgan fingerprint density at radius 1 is 1.19 bits per heavy atom. The first-order valence-electron chi connectivity index (χ1n) is 7.30. The van der Waals surface area contributed by atoms with Crippen LogP contribution in [0.25, 0.3) is 0 Å². The van der Waals surface area contributed by atoms with Crippen molar-refractivity contribution in [1.29, 1.82) is 0 Å². The number of rotatable bonds is 4. The fourth-order valence-electron chi connectivity index (χ4n) is 2.91. The third-order valence-electron chi connectivity index (χ3n) is 4.58. The number of nitrogens with one attached hydrogen (secondary N) is 1. The van der Waals surface area contributed by atoms with Crippen LogP contribution in [0.5, 0.6) is 11.5 Å². The maximum Gasteiger partial charge on any atom is 0.253 e. The zero-order valence-electron chi connectivity index (χ0n) is 13.1. The minimum atomic E-state index is -0.153. The first-order valence-corrected chi connectivity index (χ1v) is 7.30. The Balaban J connectivity index is 2.19. The maximum absolute atomic E-state index is 12.5. The predicted molar refractivity (Wildman–Crippen MR) is 82.8 cm³/mol. The van der Waals surface area contributed by atoms with Crippen LogP contribution in [0.2, 0.25) is 0 Å². The molecule has 3 unspecified atom stereocenters. The second kappa shape index (κ2) is 6.24. The number of carbonyl (C=O) groups is 1. The lowest BCUT2D eigenvalue weighted by atomic mass is 9.97. The molecule has 3 atom stereocenters. The van der Waals surface area contributed by atoms with Gasteiger partial charge in [0.25, 0.3) is 5.91 Å². The number of nitrogens with two attached hydrogens (primary N) is 1. The molecule has 0 radical (unpaired) electrons. The lowest BCUT2D eigenvalue weighted by Gasteiger charge is -2.20. The fourth-order valence-corrected chi connectivity index (χ4v) is 2.91. The molecule has 1 aromatic rings. The average Bonchev–Trinajstić information content (AvgIpc) is 2.78. The van der Waals surface area contributed by atoms with Gasteiger partial charge in [-0.2, -0.15) is 0 Å². The number of nitrogen functional groups attached to an aromatic ring is 1. The first-order chi connectivity index (χ1) is 9.97. The van der Waals surface area contributed by atoms with Gasteiger partial charge in [0, 0.05) is 17.8 Å². The highest BCUT2D eigenvalue weighted by Gasteiger charge is 2.31. The van der Waals surface area contributed by atoms with E-state index in [4.69, 9.17) is 15.2 Å². The average molecular weight is 292 g/mol. The summed E-state index contributed by atoms with van der Waals surface area (Å²) in [6, 6.07) is 3.46. The molecule has 0 aliphatic heterocycles. The molecule has 0 bridgehead atoms. The highest BCUT2D eigenvalue weighted by molar-refractivity contribution is 6.00. The van der Waals surface area contributed by atoms with Crippen molar-refractivity contribution in [3.8, 4) is 11.5 Å². The van der Waals surface area contributed by atoms with Gasteiger partial charge in [-0.05, 0) is 30.7 Å². The molecule has 0 heterocycles. The van der Waals surface area contributed by atoms with Gasteiger partial charge >= 0.3 is 0 Å². The Hall–Kier alpha value is -1.91. The van der Waals surface area contributed by atoms with Gasteiger partial charge in [-0.25, -0.2) is 0 Å². The van der Waals surface area contributed by atoms with Crippen LogP contribution in [0.4, 0.5) is 5.69 Å². The Kier molecular flexibility index (Phi) is 4.60. The minimum absolute atomic E-state index is 0.153. The van der Waals surface area contributed by atoms with Crippen molar-refractivity contribution in [1.82, 2.24) is 5.32 Å². The highest BCUT2D eigenvalue weighted by Crippen LogP contribution is 2.34. The Morgan fingerprint density at radius 2 is 1.81 bits per heavy atom. The molecule has 3 N–H and O–H groups in total. The molecule has 0 spiro atoms. The molecular weight excluding hydrogens is 268 g/mol. The summed E-state index contributed by atoms with van der Waals surface area (Å²) in [7, 11) is 3.08. The SMILES string of the molecule is COc1cc(N)c(C(=O)NC2CCC(C)C2C)cc1OC. The molecule has 0 saturated heterocycles. The zero-order chi connectivity index (χ0) is 15.6. The number of benzene rings is 1. The van der Waals surface area contributed by atoms with E-state index < -0.39 is 0 Å². The van der Waals surface area contributed by atoms with Crippen LogP contribution in [-0.2, 0) is 0 Å². The van der Waals surface area contributed by atoms with Gasteiger partial charge in [-0.1, -0.05) is 13.8 Å². The summed E-state index contributed by atoms with van der Waals surface area (Å²) in [6.45, 7) is 4.40. The Morgan fingerprint density at radius 3 is 2.33 bits per heavy atom. The summed E-state index contributed by atoms with van der Waals surface area (Å²) in [5.74, 6) is 1.99. The minimum Gasteiger partial charge on any atom is -0.493 e. The smallest absolute Gasteiger partial charge is 0.253 e. The van der Waals surface area contributed by atoms with E-state index >= 15 is 0 Å². The van der Waals surface area contributed by atoms with E-state index in [2.05, 4.69) is 19.2 Å². The summed E-state index contributed by atoms with van der Waals surface area (Å²) in [5, 5.41) is 3.09. The number of amides is 1. The van der Waals surface area contributed by atoms with Gasteiger partial charge in [0.1, 0.15) is 0 Å². The quantitative estimate of drug-likeness (QED) is 0.836. The second-order valence-corrected chi connectivity index (χ2v) is 5.79. The molecule has 1 fully saturated rings. The molecule has 2 rings (SSSR count). The number of ether oxygens (including phenoxy) is 2. The third-order valence-corrected chi connectivity index (χ3v) is 4.58. The third kappa shape index (κ3) is 3.06. The largest absolute Gasteiger partial charge is 0.493 e. The van der Waals surface area contributed by atoms with Crippen LogP contribution >= 0.6 is 0 Å². The molecule has 5 nitrogen and oxygen atoms in total. The molecule has 1 aromatic carbocycles. The Labute approximate surface area is 125 Å². The van der Waals surface area contributed by atoms with Crippen molar-refractivity contribution in [3.63, 3.8) is 0 Å². The normalized spacial score (nSPS) is 24.7. The Bertz CT molecular complexity index is 530. The van der Waals surface area contributed by atoms with E-state index in [1.807, 2.05) is 0 Å². The molecule has 116 valence electrons. The molecular formula is C16H24N2O3. The van der Waals surface area contributed by atoms with Crippen LogP contribution in [0, 0.1) is 11.8 Å². The van der Waals surface area contributed by atoms with Crippen molar-refractivity contribution in [2.24, 2.45) is 11.8 Å². The van der Waals surface area contributed by atoms with E-state index in [9.17, 15) is 4.79 Å². The number of hydrogen-bond acceptors (Lipinski definition) is 4. The zero-order valence-corrected chi connectivity index (χ0v) is 13.1. The van der Waals surface area contributed by atoms with Crippen molar-refractivity contribution in [3.05, 3.63) is 17.7 Å². The van der Waals surface area contributed by atoms with Gasteiger partial charge in [0.2, 0.25) is 0 Å².